The molecule has 7 nitrogen and oxygen atoms in total. The van der Waals surface area contributed by atoms with Gasteiger partial charge in [-0.3, -0.25) is 4.79 Å². The normalized spacial score (nSPS) is 27.9. The lowest BCUT2D eigenvalue weighted by Crippen LogP contribution is -2.39. The molecule has 1 aromatic heterocycles. The number of nitrogens with zero attached hydrogens (tertiary/aromatic N) is 2. The summed E-state index contributed by atoms with van der Waals surface area (Å²) in [4.78, 5) is 15.9. The van der Waals surface area contributed by atoms with E-state index in [2.05, 4.69) is 15.6 Å². The number of aliphatic hydroxyl groups excluding tert-OH is 2. The van der Waals surface area contributed by atoms with Gasteiger partial charge in [0, 0.05) is 12.7 Å². The Bertz CT molecular complexity index is 557. The second-order valence-electron chi connectivity index (χ2n) is 4.98. The molecule has 0 unspecified atom stereocenters. The van der Waals surface area contributed by atoms with Crippen molar-refractivity contribution in [3.8, 4) is 6.07 Å². The largest absolute Gasteiger partial charge is 0.390 e. The van der Waals surface area contributed by atoms with Crippen molar-refractivity contribution in [2.24, 2.45) is 5.92 Å². The standard InChI is InChI=1S/C14H18N4O3/c1-2-16-14(21)9-6-10(12(20)11(9)19)18-13-8(7-15)4-3-5-17-13/h3-5,9-12,19-20H,2,6H2,1H3,(H,16,21)(H,17,18)/t9-,10-,11-,12+/m0/s1. The first-order valence-electron chi connectivity index (χ1n) is 6.84. The summed E-state index contributed by atoms with van der Waals surface area (Å²) < 4.78 is 0. The summed E-state index contributed by atoms with van der Waals surface area (Å²) in [6, 6.07) is 4.71. The monoisotopic (exact) mass is 290 g/mol. The molecule has 7 heteroatoms. The van der Waals surface area contributed by atoms with Gasteiger partial charge in [-0.2, -0.15) is 5.26 Å². The average molecular weight is 290 g/mol. The topological polar surface area (TPSA) is 118 Å². The van der Waals surface area contributed by atoms with E-state index in [1.165, 1.54) is 6.20 Å². The summed E-state index contributed by atoms with van der Waals surface area (Å²) in [5.74, 6) is -0.616. The zero-order chi connectivity index (χ0) is 15.4. The SMILES string of the molecule is CCNC(=O)[C@H]1C[C@H](Nc2ncccc2C#N)[C@@H](O)[C@H]1O. The number of nitriles is 1. The van der Waals surface area contributed by atoms with Crippen LogP contribution in [0.5, 0.6) is 0 Å². The number of aliphatic hydroxyl groups is 2. The minimum Gasteiger partial charge on any atom is -0.390 e. The molecule has 0 radical (unpaired) electrons. The number of hydrogen-bond donors (Lipinski definition) is 4. The molecule has 4 N–H and O–H groups in total. The number of nitrogens with one attached hydrogen (secondary N) is 2. The van der Waals surface area contributed by atoms with Gasteiger partial charge in [-0.25, -0.2) is 4.98 Å². The number of rotatable bonds is 4. The second-order valence-corrected chi connectivity index (χ2v) is 4.98. The van der Waals surface area contributed by atoms with Gasteiger partial charge in [0.05, 0.1) is 23.6 Å². The van der Waals surface area contributed by atoms with Gasteiger partial charge in [-0.05, 0) is 25.5 Å². The van der Waals surface area contributed by atoms with Crippen molar-refractivity contribution in [2.45, 2.75) is 31.6 Å². The van der Waals surface area contributed by atoms with Crippen molar-refractivity contribution in [1.82, 2.24) is 10.3 Å². The van der Waals surface area contributed by atoms with Crippen LogP contribution in [0.3, 0.4) is 0 Å². The van der Waals surface area contributed by atoms with Crippen molar-refractivity contribution >= 4 is 11.7 Å². The molecule has 0 aromatic carbocycles. The molecule has 0 spiro atoms. The third-order valence-electron chi connectivity index (χ3n) is 3.62. The Kier molecular flexibility index (Phi) is 4.73. The van der Waals surface area contributed by atoms with Gasteiger partial charge in [0.2, 0.25) is 5.91 Å². The van der Waals surface area contributed by atoms with Gasteiger partial charge in [0.25, 0.3) is 0 Å². The summed E-state index contributed by atoms with van der Waals surface area (Å²) in [6.45, 7) is 2.26. The molecule has 112 valence electrons. The highest BCUT2D eigenvalue weighted by Gasteiger charge is 2.45. The number of carbonyl (C=O) groups is 1. The Balaban J connectivity index is 2.11. The van der Waals surface area contributed by atoms with Crippen LogP contribution in [-0.4, -0.2) is 45.9 Å². The van der Waals surface area contributed by atoms with Crippen LogP contribution in [0.25, 0.3) is 0 Å². The van der Waals surface area contributed by atoms with Gasteiger partial charge in [0.1, 0.15) is 18.0 Å². The van der Waals surface area contributed by atoms with Gasteiger partial charge in [-0.1, -0.05) is 0 Å². The van der Waals surface area contributed by atoms with E-state index in [1.54, 1.807) is 19.1 Å². The molecular formula is C14H18N4O3. The number of hydrogen-bond acceptors (Lipinski definition) is 6. The van der Waals surface area contributed by atoms with Crippen molar-refractivity contribution in [2.75, 3.05) is 11.9 Å². The van der Waals surface area contributed by atoms with Crippen LogP contribution in [0.2, 0.25) is 0 Å². The molecule has 1 fully saturated rings. The Morgan fingerprint density at radius 2 is 2.29 bits per heavy atom. The summed E-state index contributed by atoms with van der Waals surface area (Å²) in [5, 5.41) is 34.7. The fraction of sp³-hybridized carbons (Fsp3) is 0.500. The fourth-order valence-electron chi connectivity index (χ4n) is 2.53. The first-order valence-corrected chi connectivity index (χ1v) is 6.84. The van der Waals surface area contributed by atoms with E-state index in [4.69, 9.17) is 5.26 Å². The maximum absolute atomic E-state index is 11.8. The quantitative estimate of drug-likeness (QED) is 0.600. The minimum atomic E-state index is -1.14. The summed E-state index contributed by atoms with van der Waals surface area (Å²) >= 11 is 0. The minimum absolute atomic E-state index is 0.273. The molecule has 0 aliphatic heterocycles. The number of anilines is 1. The van der Waals surface area contributed by atoms with Crippen LogP contribution in [0.15, 0.2) is 18.3 Å². The van der Waals surface area contributed by atoms with Crippen LogP contribution in [-0.2, 0) is 4.79 Å². The van der Waals surface area contributed by atoms with Gasteiger partial charge < -0.3 is 20.8 Å². The lowest BCUT2D eigenvalue weighted by molar-refractivity contribution is -0.128. The molecule has 0 bridgehead atoms. The molecule has 2 rings (SSSR count). The highest BCUT2D eigenvalue weighted by molar-refractivity contribution is 5.80. The van der Waals surface area contributed by atoms with E-state index >= 15 is 0 Å². The van der Waals surface area contributed by atoms with Crippen molar-refractivity contribution in [3.05, 3.63) is 23.9 Å². The Labute approximate surface area is 122 Å². The molecule has 0 saturated heterocycles. The zero-order valence-electron chi connectivity index (χ0n) is 11.7. The van der Waals surface area contributed by atoms with Gasteiger partial charge in [0.15, 0.2) is 0 Å². The van der Waals surface area contributed by atoms with Gasteiger partial charge >= 0.3 is 0 Å². The molecule has 4 atom stereocenters. The molecule has 21 heavy (non-hydrogen) atoms. The van der Waals surface area contributed by atoms with E-state index in [0.717, 1.165) is 0 Å². The fourth-order valence-corrected chi connectivity index (χ4v) is 2.53. The summed E-state index contributed by atoms with van der Waals surface area (Å²) in [6.07, 6.45) is -0.424. The van der Waals surface area contributed by atoms with E-state index < -0.39 is 24.2 Å². The zero-order valence-corrected chi connectivity index (χ0v) is 11.7. The molecule has 1 aliphatic carbocycles. The molecule has 1 aromatic rings. The number of aromatic nitrogens is 1. The summed E-state index contributed by atoms with van der Waals surface area (Å²) in [7, 11) is 0. The van der Waals surface area contributed by atoms with Gasteiger partial charge in [-0.15, -0.1) is 0 Å². The van der Waals surface area contributed by atoms with Crippen molar-refractivity contribution in [3.63, 3.8) is 0 Å². The van der Waals surface area contributed by atoms with E-state index in [0.29, 0.717) is 17.9 Å². The molecule has 1 heterocycles. The van der Waals surface area contributed by atoms with Crippen LogP contribution in [0.4, 0.5) is 5.82 Å². The predicted molar refractivity (Wildman–Crippen MR) is 75.2 cm³/mol. The lowest BCUT2D eigenvalue weighted by Gasteiger charge is -2.18. The first kappa shape index (κ1) is 15.2. The Morgan fingerprint density at radius 3 is 2.95 bits per heavy atom. The molecular weight excluding hydrogens is 272 g/mol. The third-order valence-corrected chi connectivity index (χ3v) is 3.62. The number of carbonyl (C=O) groups excluding carboxylic acids is 1. The maximum Gasteiger partial charge on any atom is 0.225 e. The van der Waals surface area contributed by atoms with Crippen LogP contribution < -0.4 is 10.6 Å². The first-order chi connectivity index (χ1) is 10.1. The van der Waals surface area contributed by atoms with Crippen molar-refractivity contribution in [1.29, 1.82) is 5.26 Å². The molecule has 1 amide bonds. The van der Waals surface area contributed by atoms with Crippen molar-refractivity contribution < 1.29 is 15.0 Å². The predicted octanol–water partition coefficient (Wildman–Crippen LogP) is -0.388. The van der Waals surface area contributed by atoms with Crippen LogP contribution in [0.1, 0.15) is 18.9 Å². The van der Waals surface area contributed by atoms with Crippen LogP contribution in [0, 0.1) is 17.2 Å². The highest BCUT2D eigenvalue weighted by atomic mass is 16.3. The van der Waals surface area contributed by atoms with Crippen LogP contribution >= 0.6 is 0 Å². The lowest BCUT2D eigenvalue weighted by atomic mass is 10.0. The third kappa shape index (κ3) is 3.12. The average Bonchev–Trinajstić information content (AvgIpc) is 2.76. The highest BCUT2D eigenvalue weighted by Crippen LogP contribution is 2.29. The smallest absolute Gasteiger partial charge is 0.225 e. The number of amides is 1. The molecule has 1 saturated carbocycles. The second kappa shape index (κ2) is 6.52. The summed E-state index contributed by atoms with van der Waals surface area (Å²) in [5.41, 5.74) is 0.348. The Hall–Kier alpha value is -2.17. The number of pyridine rings is 1. The van der Waals surface area contributed by atoms with E-state index in [1.807, 2.05) is 6.07 Å². The molecule has 1 aliphatic rings. The van der Waals surface area contributed by atoms with E-state index in [9.17, 15) is 15.0 Å². The Morgan fingerprint density at radius 1 is 1.52 bits per heavy atom. The van der Waals surface area contributed by atoms with E-state index in [-0.39, 0.29) is 12.3 Å². The maximum atomic E-state index is 11.8.